The van der Waals surface area contributed by atoms with Gasteiger partial charge in [0.1, 0.15) is 11.6 Å². The number of methoxy groups -OCH3 is 1. The summed E-state index contributed by atoms with van der Waals surface area (Å²) in [7, 11) is 3.32. The summed E-state index contributed by atoms with van der Waals surface area (Å²) in [5, 5.41) is 3.79. The van der Waals surface area contributed by atoms with Gasteiger partial charge in [-0.05, 0) is 41.5 Å². The van der Waals surface area contributed by atoms with Gasteiger partial charge in [0.25, 0.3) is 0 Å². The molecule has 0 aliphatic heterocycles. The standard InChI is InChI=1S/C17H15FN2O/c1-19-16-6-3-11(9-15(16)18)13-7-8-20-17-10-12(21-2)4-5-14(13)17/h3-10,19H,1-2H3. The summed E-state index contributed by atoms with van der Waals surface area (Å²) in [5.74, 6) is 0.484. The lowest BCUT2D eigenvalue weighted by atomic mass is 10.0. The van der Waals surface area contributed by atoms with Crippen molar-refractivity contribution < 1.29 is 9.13 Å². The van der Waals surface area contributed by atoms with Crippen LogP contribution in [0.1, 0.15) is 0 Å². The largest absolute Gasteiger partial charge is 0.497 e. The zero-order valence-corrected chi connectivity index (χ0v) is 11.9. The summed E-state index contributed by atoms with van der Waals surface area (Å²) in [5.41, 5.74) is 3.08. The maximum Gasteiger partial charge on any atom is 0.146 e. The maximum absolute atomic E-state index is 14.0. The van der Waals surface area contributed by atoms with Crippen LogP contribution in [0.5, 0.6) is 5.75 Å². The van der Waals surface area contributed by atoms with E-state index in [2.05, 4.69) is 10.3 Å². The first-order valence-corrected chi connectivity index (χ1v) is 6.63. The number of ether oxygens (including phenoxy) is 1. The molecule has 21 heavy (non-hydrogen) atoms. The number of hydrogen-bond donors (Lipinski definition) is 1. The van der Waals surface area contributed by atoms with Crippen molar-refractivity contribution in [2.24, 2.45) is 0 Å². The molecule has 3 aromatic rings. The van der Waals surface area contributed by atoms with Crippen LogP contribution in [0.15, 0.2) is 48.7 Å². The quantitative estimate of drug-likeness (QED) is 0.785. The van der Waals surface area contributed by atoms with Crippen LogP contribution in [0, 0.1) is 5.82 Å². The normalized spacial score (nSPS) is 10.6. The number of fused-ring (bicyclic) bond motifs is 1. The molecule has 0 saturated carbocycles. The molecule has 0 fully saturated rings. The highest BCUT2D eigenvalue weighted by molar-refractivity contribution is 5.95. The zero-order valence-electron chi connectivity index (χ0n) is 11.9. The predicted molar refractivity (Wildman–Crippen MR) is 83.2 cm³/mol. The second-order valence-electron chi connectivity index (χ2n) is 4.69. The Kier molecular flexibility index (Phi) is 3.44. The highest BCUT2D eigenvalue weighted by atomic mass is 19.1. The molecule has 1 aromatic heterocycles. The molecule has 0 radical (unpaired) electrons. The Morgan fingerprint density at radius 3 is 2.67 bits per heavy atom. The third-order valence-corrected chi connectivity index (χ3v) is 3.50. The first-order valence-electron chi connectivity index (χ1n) is 6.63. The van der Waals surface area contributed by atoms with Gasteiger partial charge in [-0.3, -0.25) is 4.98 Å². The Morgan fingerprint density at radius 1 is 1.10 bits per heavy atom. The fraction of sp³-hybridized carbons (Fsp3) is 0.118. The summed E-state index contributed by atoms with van der Waals surface area (Å²) in [6.45, 7) is 0. The topological polar surface area (TPSA) is 34.2 Å². The number of nitrogens with one attached hydrogen (secondary N) is 1. The van der Waals surface area contributed by atoms with Crippen molar-refractivity contribution in [1.82, 2.24) is 4.98 Å². The molecule has 3 nitrogen and oxygen atoms in total. The molecular formula is C17H15FN2O. The van der Waals surface area contributed by atoms with E-state index in [9.17, 15) is 4.39 Å². The van der Waals surface area contributed by atoms with Crippen molar-refractivity contribution in [3.63, 3.8) is 0 Å². The van der Waals surface area contributed by atoms with Crippen LogP contribution in [0.3, 0.4) is 0 Å². The Morgan fingerprint density at radius 2 is 1.95 bits per heavy atom. The number of aromatic nitrogens is 1. The minimum absolute atomic E-state index is 0.270. The number of halogens is 1. The molecule has 1 heterocycles. The molecule has 0 amide bonds. The summed E-state index contributed by atoms with van der Waals surface area (Å²) >= 11 is 0. The van der Waals surface area contributed by atoms with Crippen LogP contribution in [-0.4, -0.2) is 19.1 Å². The SMILES string of the molecule is CNc1ccc(-c2ccnc3cc(OC)ccc23)cc1F. The smallest absolute Gasteiger partial charge is 0.146 e. The number of rotatable bonds is 3. The third kappa shape index (κ3) is 2.40. The van der Waals surface area contributed by atoms with Crippen LogP contribution in [0.25, 0.3) is 22.0 Å². The molecule has 2 aromatic carbocycles. The van der Waals surface area contributed by atoms with Gasteiger partial charge in [-0.1, -0.05) is 6.07 Å². The molecule has 3 rings (SSSR count). The maximum atomic E-state index is 14.0. The molecule has 0 unspecified atom stereocenters. The average Bonchev–Trinajstić information content (AvgIpc) is 2.53. The second kappa shape index (κ2) is 5.40. The van der Waals surface area contributed by atoms with E-state index in [1.54, 1.807) is 26.4 Å². The number of hydrogen-bond acceptors (Lipinski definition) is 3. The molecule has 0 spiro atoms. The van der Waals surface area contributed by atoms with Gasteiger partial charge in [-0.15, -0.1) is 0 Å². The van der Waals surface area contributed by atoms with Gasteiger partial charge in [0.05, 0.1) is 18.3 Å². The average molecular weight is 282 g/mol. The minimum Gasteiger partial charge on any atom is -0.497 e. The Bertz CT molecular complexity index is 802. The van der Waals surface area contributed by atoms with Gasteiger partial charge in [0.2, 0.25) is 0 Å². The van der Waals surface area contributed by atoms with E-state index < -0.39 is 0 Å². The van der Waals surface area contributed by atoms with Crippen molar-refractivity contribution in [3.05, 3.63) is 54.5 Å². The zero-order chi connectivity index (χ0) is 14.8. The van der Waals surface area contributed by atoms with Crippen molar-refractivity contribution in [2.45, 2.75) is 0 Å². The first kappa shape index (κ1) is 13.4. The van der Waals surface area contributed by atoms with Gasteiger partial charge in [0.15, 0.2) is 0 Å². The molecule has 0 atom stereocenters. The lowest BCUT2D eigenvalue weighted by molar-refractivity contribution is 0.415. The number of pyridine rings is 1. The second-order valence-corrected chi connectivity index (χ2v) is 4.69. The summed E-state index contributed by atoms with van der Waals surface area (Å²) in [4.78, 5) is 4.35. The predicted octanol–water partition coefficient (Wildman–Crippen LogP) is 4.09. The first-order chi connectivity index (χ1) is 10.2. The molecule has 0 aliphatic rings. The van der Waals surface area contributed by atoms with E-state index in [1.165, 1.54) is 6.07 Å². The fourth-order valence-corrected chi connectivity index (χ4v) is 2.39. The Balaban J connectivity index is 2.18. The highest BCUT2D eigenvalue weighted by Crippen LogP contribution is 2.31. The van der Waals surface area contributed by atoms with Crippen LogP contribution in [-0.2, 0) is 0 Å². The van der Waals surface area contributed by atoms with Crippen molar-refractivity contribution in [1.29, 1.82) is 0 Å². The summed E-state index contributed by atoms with van der Waals surface area (Å²) < 4.78 is 19.2. The van der Waals surface area contributed by atoms with E-state index in [-0.39, 0.29) is 5.82 Å². The molecule has 0 bridgehead atoms. The molecule has 0 aliphatic carbocycles. The van der Waals surface area contributed by atoms with E-state index in [4.69, 9.17) is 4.74 Å². The Labute approximate surface area is 122 Å². The number of nitrogens with zero attached hydrogens (tertiary/aromatic N) is 1. The monoisotopic (exact) mass is 282 g/mol. The lowest BCUT2D eigenvalue weighted by Gasteiger charge is -2.09. The number of anilines is 1. The van der Waals surface area contributed by atoms with E-state index >= 15 is 0 Å². The summed E-state index contributed by atoms with van der Waals surface area (Å²) in [6, 6.07) is 12.8. The van der Waals surface area contributed by atoms with Crippen molar-refractivity contribution >= 4 is 16.6 Å². The molecule has 106 valence electrons. The molecule has 1 N–H and O–H groups in total. The molecule has 0 saturated heterocycles. The molecule has 4 heteroatoms. The minimum atomic E-state index is -0.270. The van der Waals surface area contributed by atoms with Crippen molar-refractivity contribution in [3.8, 4) is 16.9 Å². The van der Waals surface area contributed by atoms with Crippen LogP contribution in [0.2, 0.25) is 0 Å². The van der Waals surface area contributed by atoms with Gasteiger partial charge >= 0.3 is 0 Å². The van der Waals surface area contributed by atoms with E-state index in [0.29, 0.717) is 5.69 Å². The fourth-order valence-electron chi connectivity index (χ4n) is 2.39. The number of benzene rings is 2. The van der Waals surface area contributed by atoms with Gasteiger partial charge in [-0.2, -0.15) is 0 Å². The van der Waals surface area contributed by atoms with Crippen LogP contribution < -0.4 is 10.1 Å². The van der Waals surface area contributed by atoms with Crippen LogP contribution >= 0.6 is 0 Å². The van der Waals surface area contributed by atoms with E-state index in [0.717, 1.165) is 27.8 Å². The summed E-state index contributed by atoms with van der Waals surface area (Å²) in [6.07, 6.45) is 1.72. The van der Waals surface area contributed by atoms with Gasteiger partial charge in [0, 0.05) is 24.7 Å². The Hall–Kier alpha value is -2.62. The highest BCUT2D eigenvalue weighted by Gasteiger charge is 2.08. The van der Waals surface area contributed by atoms with Crippen LogP contribution in [0.4, 0.5) is 10.1 Å². The third-order valence-electron chi connectivity index (χ3n) is 3.50. The van der Waals surface area contributed by atoms with Gasteiger partial charge in [-0.25, -0.2) is 4.39 Å². The van der Waals surface area contributed by atoms with Gasteiger partial charge < -0.3 is 10.1 Å². The van der Waals surface area contributed by atoms with E-state index in [1.807, 2.05) is 30.3 Å². The molecular weight excluding hydrogens is 267 g/mol. The lowest BCUT2D eigenvalue weighted by Crippen LogP contribution is -1.93. The van der Waals surface area contributed by atoms with Crippen molar-refractivity contribution in [2.75, 3.05) is 19.5 Å².